The molecule has 0 aliphatic heterocycles. The Morgan fingerprint density at radius 1 is 1.33 bits per heavy atom. The van der Waals surface area contributed by atoms with E-state index in [1.54, 1.807) is 31.2 Å². The van der Waals surface area contributed by atoms with Gasteiger partial charge in [0.2, 0.25) is 5.91 Å². The van der Waals surface area contributed by atoms with Crippen LogP contribution >= 0.6 is 0 Å². The highest BCUT2D eigenvalue weighted by molar-refractivity contribution is 5.82. The molecule has 0 aromatic heterocycles. The zero-order valence-electron chi connectivity index (χ0n) is 10.3. The normalized spacial score (nSPS) is 13.7. The molecule has 0 fully saturated rings. The van der Waals surface area contributed by atoms with Crippen molar-refractivity contribution in [3.05, 3.63) is 35.9 Å². The minimum atomic E-state index is -0.964. The second kappa shape index (κ2) is 6.76. The summed E-state index contributed by atoms with van der Waals surface area (Å²) < 4.78 is 0. The molecule has 0 aliphatic carbocycles. The number of benzene rings is 1. The average Bonchev–Trinajstić information content (AvgIpc) is 2.37. The van der Waals surface area contributed by atoms with Crippen LogP contribution in [0.2, 0.25) is 0 Å². The summed E-state index contributed by atoms with van der Waals surface area (Å²) in [4.78, 5) is 22.5. The quantitative estimate of drug-likeness (QED) is 0.703. The number of carbonyl (C=O) groups is 2. The average molecular weight is 250 g/mol. The molecule has 0 radical (unpaired) electrons. The topological polar surface area (TPSA) is 92.4 Å². The summed E-state index contributed by atoms with van der Waals surface area (Å²) in [6, 6.07) is 7.85. The van der Waals surface area contributed by atoms with Crippen molar-refractivity contribution in [2.45, 2.75) is 31.8 Å². The van der Waals surface area contributed by atoms with Crippen LogP contribution in [0, 0.1) is 0 Å². The number of carboxylic acids is 1. The highest BCUT2D eigenvalue weighted by Crippen LogP contribution is 2.16. The summed E-state index contributed by atoms with van der Waals surface area (Å²) in [7, 11) is 0. The first-order valence-electron chi connectivity index (χ1n) is 5.87. The van der Waals surface area contributed by atoms with Crippen molar-refractivity contribution < 1.29 is 14.7 Å². The van der Waals surface area contributed by atoms with E-state index in [2.05, 4.69) is 5.32 Å². The van der Waals surface area contributed by atoms with Crippen LogP contribution in [0.15, 0.2) is 30.3 Å². The van der Waals surface area contributed by atoms with E-state index >= 15 is 0 Å². The lowest BCUT2D eigenvalue weighted by Crippen LogP contribution is -2.42. The van der Waals surface area contributed by atoms with Crippen molar-refractivity contribution in [1.29, 1.82) is 0 Å². The van der Waals surface area contributed by atoms with E-state index in [1.807, 2.05) is 6.07 Å². The van der Waals surface area contributed by atoms with Crippen molar-refractivity contribution in [3.63, 3.8) is 0 Å². The van der Waals surface area contributed by atoms with Gasteiger partial charge in [-0.2, -0.15) is 0 Å². The number of amides is 1. The Labute approximate surface area is 106 Å². The number of carboxylic acid groups (broad SMARTS) is 1. The Hall–Kier alpha value is -1.88. The number of hydrogen-bond acceptors (Lipinski definition) is 3. The van der Waals surface area contributed by atoms with Gasteiger partial charge in [0.1, 0.15) is 0 Å². The van der Waals surface area contributed by atoms with E-state index in [4.69, 9.17) is 10.8 Å². The van der Waals surface area contributed by atoms with Crippen LogP contribution in [0.5, 0.6) is 0 Å². The van der Waals surface area contributed by atoms with Gasteiger partial charge < -0.3 is 16.2 Å². The molecule has 0 heterocycles. The molecule has 1 amide bonds. The fourth-order valence-corrected chi connectivity index (χ4v) is 1.58. The molecule has 0 saturated heterocycles. The van der Waals surface area contributed by atoms with Crippen molar-refractivity contribution >= 4 is 11.9 Å². The highest BCUT2D eigenvalue weighted by Gasteiger charge is 2.20. The van der Waals surface area contributed by atoms with Crippen molar-refractivity contribution in [3.8, 4) is 0 Å². The second-order valence-corrected chi connectivity index (χ2v) is 4.08. The van der Waals surface area contributed by atoms with Crippen molar-refractivity contribution in [1.82, 2.24) is 5.32 Å². The highest BCUT2D eigenvalue weighted by atomic mass is 16.4. The smallest absolute Gasteiger partial charge is 0.305 e. The predicted molar refractivity (Wildman–Crippen MR) is 67.8 cm³/mol. The fourth-order valence-electron chi connectivity index (χ4n) is 1.58. The first-order chi connectivity index (χ1) is 8.54. The van der Waals surface area contributed by atoms with Gasteiger partial charge in [-0.3, -0.25) is 9.59 Å². The standard InChI is InChI=1S/C13H18N2O3/c1-2-10(14)13(18)15-11(8-12(16)17)9-6-4-3-5-7-9/h3-7,10-11H,2,8,14H2,1H3,(H,15,18)(H,16,17)/t10-,11?/m0/s1. The van der Waals surface area contributed by atoms with Crippen LogP contribution in [0.1, 0.15) is 31.4 Å². The van der Waals surface area contributed by atoms with E-state index in [0.29, 0.717) is 6.42 Å². The van der Waals surface area contributed by atoms with Crippen molar-refractivity contribution in [2.75, 3.05) is 0 Å². The molecule has 1 unspecified atom stereocenters. The van der Waals surface area contributed by atoms with E-state index in [9.17, 15) is 9.59 Å². The second-order valence-electron chi connectivity index (χ2n) is 4.08. The summed E-state index contributed by atoms with van der Waals surface area (Å²) in [5, 5.41) is 11.5. The summed E-state index contributed by atoms with van der Waals surface area (Å²) >= 11 is 0. The Kier molecular flexibility index (Phi) is 5.32. The van der Waals surface area contributed by atoms with Crippen LogP contribution < -0.4 is 11.1 Å². The number of rotatable bonds is 6. The van der Waals surface area contributed by atoms with Gasteiger partial charge in [-0.15, -0.1) is 0 Å². The predicted octanol–water partition coefficient (Wildman–Crippen LogP) is 1.06. The third-order valence-electron chi connectivity index (χ3n) is 2.67. The van der Waals surface area contributed by atoms with Gasteiger partial charge in [0.15, 0.2) is 0 Å². The van der Waals surface area contributed by atoms with Crippen LogP contribution in [0.25, 0.3) is 0 Å². The third kappa shape index (κ3) is 4.18. The summed E-state index contributed by atoms with van der Waals surface area (Å²) in [5.74, 6) is -1.29. The van der Waals surface area contributed by atoms with Crippen LogP contribution in [-0.2, 0) is 9.59 Å². The zero-order chi connectivity index (χ0) is 13.5. The lowest BCUT2D eigenvalue weighted by atomic mass is 10.0. The molecule has 4 N–H and O–H groups in total. The SMILES string of the molecule is CC[C@H](N)C(=O)NC(CC(=O)O)c1ccccc1. The number of aliphatic carboxylic acids is 1. The largest absolute Gasteiger partial charge is 0.481 e. The fraction of sp³-hybridized carbons (Fsp3) is 0.385. The molecule has 5 nitrogen and oxygen atoms in total. The Morgan fingerprint density at radius 2 is 1.94 bits per heavy atom. The minimum Gasteiger partial charge on any atom is -0.481 e. The van der Waals surface area contributed by atoms with Gasteiger partial charge in [0.05, 0.1) is 18.5 Å². The molecule has 98 valence electrons. The maximum Gasteiger partial charge on any atom is 0.305 e. The molecule has 0 aliphatic rings. The summed E-state index contributed by atoms with van der Waals surface area (Å²) in [6.45, 7) is 1.80. The van der Waals surface area contributed by atoms with E-state index in [1.165, 1.54) is 0 Å². The summed E-state index contributed by atoms with van der Waals surface area (Å²) in [5.41, 5.74) is 6.37. The molecule has 1 aromatic carbocycles. The first-order valence-corrected chi connectivity index (χ1v) is 5.87. The third-order valence-corrected chi connectivity index (χ3v) is 2.67. The number of hydrogen-bond donors (Lipinski definition) is 3. The molecule has 1 aromatic rings. The number of carbonyl (C=O) groups excluding carboxylic acids is 1. The van der Waals surface area contributed by atoms with Crippen LogP contribution in [-0.4, -0.2) is 23.0 Å². The zero-order valence-corrected chi connectivity index (χ0v) is 10.3. The molecule has 0 saturated carbocycles. The van der Waals surface area contributed by atoms with Gasteiger partial charge in [0.25, 0.3) is 0 Å². The molecular formula is C13H18N2O3. The maximum atomic E-state index is 11.7. The maximum absolute atomic E-state index is 11.7. The van der Waals surface area contributed by atoms with Gasteiger partial charge >= 0.3 is 5.97 Å². The van der Waals surface area contributed by atoms with Gasteiger partial charge in [0, 0.05) is 0 Å². The summed E-state index contributed by atoms with van der Waals surface area (Å²) in [6.07, 6.45) is 0.354. The molecular weight excluding hydrogens is 232 g/mol. The van der Waals surface area contributed by atoms with E-state index in [-0.39, 0.29) is 12.3 Å². The molecule has 0 spiro atoms. The van der Waals surface area contributed by atoms with E-state index < -0.39 is 18.1 Å². The number of nitrogens with two attached hydrogens (primary N) is 1. The minimum absolute atomic E-state index is 0.161. The molecule has 1 rings (SSSR count). The van der Waals surface area contributed by atoms with E-state index in [0.717, 1.165) is 5.56 Å². The Balaban J connectivity index is 2.80. The number of nitrogens with one attached hydrogen (secondary N) is 1. The first kappa shape index (κ1) is 14.2. The molecule has 18 heavy (non-hydrogen) atoms. The van der Waals surface area contributed by atoms with Gasteiger partial charge in [-0.1, -0.05) is 37.3 Å². The van der Waals surface area contributed by atoms with Crippen LogP contribution in [0.3, 0.4) is 0 Å². The molecule has 5 heteroatoms. The molecule has 2 atom stereocenters. The Bertz CT molecular complexity index is 406. The van der Waals surface area contributed by atoms with Crippen molar-refractivity contribution in [2.24, 2.45) is 5.73 Å². The van der Waals surface area contributed by atoms with Crippen LogP contribution in [0.4, 0.5) is 0 Å². The lowest BCUT2D eigenvalue weighted by molar-refractivity contribution is -0.137. The monoisotopic (exact) mass is 250 g/mol. The lowest BCUT2D eigenvalue weighted by Gasteiger charge is -2.19. The van der Waals surface area contributed by atoms with Gasteiger partial charge in [-0.25, -0.2) is 0 Å². The Morgan fingerprint density at radius 3 is 2.44 bits per heavy atom. The van der Waals surface area contributed by atoms with Gasteiger partial charge in [-0.05, 0) is 12.0 Å². The molecule has 0 bridgehead atoms.